The third-order valence-electron chi connectivity index (χ3n) is 2.32. The highest BCUT2D eigenvalue weighted by atomic mass is 19.1. The number of nitriles is 1. The molecule has 0 saturated heterocycles. The van der Waals surface area contributed by atoms with Crippen LogP contribution in [0.5, 0.6) is 0 Å². The Hall–Kier alpha value is -2.72. The molecule has 0 aliphatic rings. The quantitative estimate of drug-likeness (QED) is 0.582. The summed E-state index contributed by atoms with van der Waals surface area (Å²) in [4.78, 5) is 3.66. The maximum atomic E-state index is 13.5. The summed E-state index contributed by atoms with van der Waals surface area (Å²) in [5.41, 5.74) is 2.89. The molecule has 2 aromatic rings. The molecule has 19 heavy (non-hydrogen) atoms. The Bertz CT molecular complexity index is 651. The normalized spacial score (nSPS) is 9.79. The molecular formula is C12H9F2N5. The number of hydrogen-bond acceptors (Lipinski definition) is 5. The molecule has 0 aliphatic carbocycles. The van der Waals surface area contributed by atoms with Gasteiger partial charge in [-0.3, -0.25) is 0 Å². The Morgan fingerprint density at radius 2 is 1.89 bits per heavy atom. The van der Waals surface area contributed by atoms with Crippen LogP contribution in [0.3, 0.4) is 0 Å². The van der Waals surface area contributed by atoms with Crippen molar-refractivity contribution in [2.45, 2.75) is 0 Å². The molecule has 0 atom stereocenters. The van der Waals surface area contributed by atoms with Gasteiger partial charge in [0, 0.05) is 11.8 Å². The van der Waals surface area contributed by atoms with Crippen LogP contribution in [0.2, 0.25) is 0 Å². The van der Waals surface area contributed by atoms with Gasteiger partial charge in [-0.15, -0.1) is 0 Å². The van der Waals surface area contributed by atoms with Gasteiger partial charge in [-0.25, -0.2) is 19.6 Å². The van der Waals surface area contributed by atoms with Gasteiger partial charge in [0.25, 0.3) is 0 Å². The molecule has 1 heterocycles. The summed E-state index contributed by atoms with van der Waals surface area (Å²) in [6, 6.07) is 8.99. The van der Waals surface area contributed by atoms with E-state index in [1.54, 1.807) is 18.2 Å². The summed E-state index contributed by atoms with van der Waals surface area (Å²) < 4.78 is 26.7. The molecule has 0 spiro atoms. The molecule has 96 valence electrons. The fraction of sp³-hybridized carbons (Fsp3) is 0. The summed E-state index contributed by atoms with van der Waals surface area (Å²) in [5, 5.41) is 11.4. The number of nitrogens with zero attached hydrogens (tertiary/aromatic N) is 2. The molecule has 0 amide bonds. The van der Waals surface area contributed by atoms with Gasteiger partial charge in [0.2, 0.25) is 0 Å². The summed E-state index contributed by atoms with van der Waals surface area (Å²) in [6.07, 6.45) is 0. The first-order valence-electron chi connectivity index (χ1n) is 5.24. The zero-order chi connectivity index (χ0) is 13.8. The lowest BCUT2D eigenvalue weighted by Gasteiger charge is -2.09. The molecule has 4 N–H and O–H groups in total. The van der Waals surface area contributed by atoms with Gasteiger partial charge in [0.05, 0.1) is 11.6 Å². The van der Waals surface area contributed by atoms with Crippen LogP contribution in [0.1, 0.15) is 5.56 Å². The van der Waals surface area contributed by atoms with Crippen LogP contribution < -0.4 is 16.6 Å². The molecule has 0 saturated carbocycles. The predicted octanol–water partition coefficient (Wildman–Crippen LogP) is 2.26. The largest absolute Gasteiger partial charge is 0.338 e. The van der Waals surface area contributed by atoms with E-state index in [0.29, 0.717) is 17.3 Å². The number of rotatable bonds is 3. The number of nitrogens with two attached hydrogens (primary N) is 1. The number of halogens is 2. The maximum absolute atomic E-state index is 13.5. The average molecular weight is 261 g/mol. The number of hydrazine groups is 1. The van der Waals surface area contributed by atoms with Crippen LogP contribution in [0.4, 0.5) is 26.1 Å². The molecule has 0 aliphatic heterocycles. The third-order valence-corrected chi connectivity index (χ3v) is 2.32. The number of pyridine rings is 1. The number of aromatic nitrogens is 1. The molecule has 5 nitrogen and oxygen atoms in total. The second kappa shape index (κ2) is 5.29. The maximum Gasteiger partial charge on any atom is 0.178 e. The lowest BCUT2D eigenvalue weighted by Crippen LogP contribution is -2.12. The fourth-order valence-corrected chi connectivity index (χ4v) is 1.46. The summed E-state index contributed by atoms with van der Waals surface area (Å²) >= 11 is 0. The SMILES string of the molecule is N#Cc1cccc(Nc2nc(NN)c(F)cc2F)c1. The van der Waals surface area contributed by atoms with Crippen molar-refractivity contribution in [3.05, 3.63) is 47.5 Å². The van der Waals surface area contributed by atoms with E-state index in [-0.39, 0.29) is 11.6 Å². The lowest BCUT2D eigenvalue weighted by atomic mass is 10.2. The van der Waals surface area contributed by atoms with Gasteiger partial charge < -0.3 is 10.7 Å². The second-order valence-electron chi connectivity index (χ2n) is 3.61. The van der Waals surface area contributed by atoms with E-state index in [9.17, 15) is 8.78 Å². The summed E-state index contributed by atoms with van der Waals surface area (Å²) in [7, 11) is 0. The first kappa shape index (κ1) is 12.7. The van der Waals surface area contributed by atoms with Crippen LogP contribution in [0.15, 0.2) is 30.3 Å². The molecule has 2 rings (SSSR count). The third kappa shape index (κ3) is 2.75. The first-order valence-corrected chi connectivity index (χ1v) is 5.24. The van der Waals surface area contributed by atoms with Crippen LogP contribution in [-0.4, -0.2) is 4.98 Å². The van der Waals surface area contributed by atoms with E-state index >= 15 is 0 Å². The molecule has 0 radical (unpaired) electrons. The highest BCUT2D eigenvalue weighted by Gasteiger charge is 2.11. The van der Waals surface area contributed by atoms with Crippen LogP contribution in [-0.2, 0) is 0 Å². The van der Waals surface area contributed by atoms with Crippen molar-refractivity contribution >= 4 is 17.3 Å². The van der Waals surface area contributed by atoms with Crippen LogP contribution in [0, 0.1) is 23.0 Å². The van der Waals surface area contributed by atoms with Crippen molar-refractivity contribution in [3.63, 3.8) is 0 Å². The van der Waals surface area contributed by atoms with Crippen molar-refractivity contribution in [3.8, 4) is 6.07 Å². The Labute approximate surface area is 107 Å². The minimum Gasteiger partial charge on any atom is -0.338 e. The molecular weight excluding hydrogens is 252 g/mol. The number of nitrogens with one attached hydrogen (secondary N) is 2. The highest BCUT2D eigenvalue weighted by Crippen LogP contribution is 2.22. The monoisotopic (exact) mass is 261 g/mol. The number of benzene rings is 1. The zero-order valence-corrected chi connectivity index (χ0v) is 9.61. The van der Waals surface area contributed by atoms with Crippen LogP contribution >= 0.6 is 0 Å². The zero-order valence-electron chi connectivity index (χ0n) is 9.61. The number of nitrogen functional groups attached to an aromatic ring is 1. The Morgan fingerprint density at radius 3 is 2.58 bits per heavy atom. The molecule has 1 aromatic carbocycles. The van der Waals surface area contributed by atoms with E-state index in [1.807, 2.05) is 11.5 Å². The topological polar surface area (TPSA) is 86.8 Å². The summed E-state index contributed by atoms with van der Waals surface area (Å²) in [6.45, 7) is 0. The van der Waals surface area contributed by atoms with Crippen molar-refractivity contribution in [2.75, 3.05) is 10.7 Å². The Morgan fingerprint density at radius 1 is 1.16 bits per heavy atom. The standard InChI is InChI=1S/C12H9F2N5/c13-9-5-10(14)12(19-16)18-11(9)17-8-3-1-2-7(4-8)6-15/h1-5H,16H2,(H2,17,18,19). The minimum atomic E-state index is -0.892. The van der Waals surface area contributed by atoms with E-state index in [4.69, 9.17) is 11.1 Å². The van der Waals surface area contributed by atoms with E-state index in [0.717, 1.165) is 0 Å². The van der Waals surface area contributed by atoms with Gasteiger partial charge in [0.15, 0.2) is 23.3 Å². The van der Waals surface area contributed by atoms with Crippen molar-refractivity contribution in [2.24, 2.45) is 5.84 Å². The van der Waals surface area contributed by atoms with Crippen molar-refractivity contribution < 1.29 is 8.78 Å². The molecule has 0 unspecified atom stereocenters. The van der Waals surface area contributed by atoms with Crippen molar-refractivity contribution in [1.82, 2.24) is 4.98 Å². The Balaban J connectivity index is 2.35. The fourth-order valence-electron chi connectivity index (χ4n) is 1.46. The highest BCUT2D eigenvalue weighted by molar-refractivity contribution is 5.60. The molecule has 0 bridgehead atoms. The average Bonchev–Trinajstić information content (AvgIpc) is 2.42. The first-order chi connectivity index (χ1) is 9.13. The van der Waals surface area contributed by atoms with Gasteiger partial charge in [-0.2, -0.15) is 5.26 Å². The van der Waals surface area contributed by atoms with Gasteiger partial charge >= 0.3 is 0 Å². The van der Waals surface area contributed by atoms with Crippen molar-refractivity contribution in [1.29, 1.82) is 5.26 Å². The number of anilines is 3. The van der Waals surface area contributed by atoms with Crippen LogP contribution in [0.25, 0.3) is 0 Å². The predicted molar refractivity (Wildman–Crippen MR) is 66.4 cm³/mol. The number of hydrogen-bond donors (Lipinski definition) is 3. The molecule has 0 fully saturated rings. The smallest absolute Gasteiger partial charge is 0.178 e. The van der Waals surface area contributed by atoms with Gasteiger partial charge in [0.1, 0.15) is 0 Å². The summed E-state index contributed by atoms with van der Waals surface area (Å²) in [5.74, 6) is 2.84. The molecule has 7 heteroatoms. The van der Waals surface area contributed by atoms with Gasteiger partial charge in [-0.05, 0) is 18.2 Å². The second-order valence-corrected chi connectivity index (χ2v) is 3.61. The van der Waals surface area contributed by atoms with E-state index in [2.05, 4.69) is 10.3 Å². The van der Waals surface area contributed by atoms with E-state index in [1.165, 1.54) is 6.07 Å². The van der Waals surface area contributed by atoms with Gasteiger partial charge in [-0.1, -0.05) is 6.07 Å². The lowest BCUT2D eigenvalue weighted by molar-refractivity contribution is 0.579. The minimum absolute atomic E-state index is 0.190. The van der Waals surface area contributed by atoms with E-state index < -0.39 is 11.6 Å². The Kier molecular flexibility index (Phi) is 3.54. The molecule has 1 aromatic heterocycles.